The SMILES string of the molecule is O=C(O)C1=CN(OC2CCCc3c(C(F)(F)F)nn(-c4ccnc(OCc5ccc6c(c5)OC(F)(F)O6)c4)c32)C1. The summed E-state index contributed by atoms with van der Waals surface area (Å²) in [5, 5.41) is 14.2. The van der Waals surface area contributed by atoms with E-state index in [0.29, 0.717) is 18.4 Å². The highest BCUT2D eigenvalue weighted by molar-refractivity contribution is 5.88. The van der Waals surface area contributed by atoms with Crippen LogP contribution in [0.3, 0.4) is 0 Å². The Morgan fingerprint density at radius 1 is 1.18 bits per heavy atom. The number of carboxylic acid groups (broad SMARTS) is 1. The highest BCUT2D eigenvalue weighted by Crippen LogP contribution is 2.43. The fourth-order valence-corrected chi connectivity index (χ4v) is 4.69. The van der Waals surface area contributed by atoms with Gasteiger partial charge in [0.2, 0.25) is 5.88 Å². The minimum Gasteiger partial charge on any atom is -0.478 e. The molecular weight excluding hydrogens is 547 g/mol. The van der Waals surface area contributed by atoms with Crippen LogP contribution in [0.1, 0.15) is 41.5 Å². The summed E-state index contributed by atoms with van der Waals surface area (Å²) in [6.07, 6.45) is -5.74. The average molecular weight is 566 g/mol. The van der Waals surface area contributed by atoms with Gasteiger partial charge in [-0.25, -0.2) is 14.5 Å². The second-order valence-electron chi connectivity index (χ2n) is 9.23. The third-order valence-corrected chi connectivity index (χ3v) is 6.47. The molecule has 0 radical (unpaired) electrons. The van der Waals surface area contributed by atoms with Crippen LogP contribution >= 0.6 is 0 Å². The van der Waals surface area contributed by atoms with Crippen molar-refractivity contribution in [2.75, 3.05) is 6.54 Å². The Morgan fingerprint density at radius 3 is 2.70 bits per heavy atom. The van der Waals surface area contributed by atoms with Crippen molar-refractivity contribution in [3.63, 3.8) is 0 Å². The van der Waals surface area contributed by atoms with E-state index in [9.17, 15) is 26.7 Å². The number of fused-ring (bicyclic) bond motifs is 2. The zero-order valence-electron chi connectivity index (χ0n) is 20.3. The number of ether oxygens (including phenoxy) is 3. The van der Waals surface area contributed by atoms with E-state index in [2.05, 4.69) is 19.6 Å². The Morgan fingerprint density at radius 2 is 1.95 bits per heavy atom. The monoisotopic (exact) mass is 566 g/mol. The molecule has 0 spiro atoms. The average Bonchev–Trinajstić information content (AvgIpc) is 3.41. The van der Waals surface area contributed by atoms with E-state index < -0.39 is 30.2 Å². The van der Waals surface area contributed by atoms with Gasteiger partial charge in [-0.1, -0.05) is 6.07 Å². The van der Waals surface area contributed by atoms with Gasteiger partial charge in [0.15, 0.2) is 17.2 Å². The number of aliphatic carboxylic acids is 1. The summed E-state index contributed by atoms with van der Waals surface area (Å²) >= 11 is 0. The number of benzene rings is 1. The van der Waals surface area contributed by atoms with Crippen LogP contribution < -0.4 is 14.2 Å². The van der Waals surface area contributed by atoms with Crippen molar-refractivity contribution in [2.24, 2.45) is 0 Å². The Bertz CT molecular complexity index is 1520. The van der Waals surface area contributed by atoms with Crippen molar-refractivity contribution < 1.29 is 50.9 Å². The lowest BCUT2D eigenvalue weighted by Gasteiger charge is -2.34. The van der Waals surface area contributed by atoms with E-state index in [1.54, 1.807) is 0 Å². The number of halogens is 5. The molecule has 0 saturated heterocycles. The number of hydrogen-bond donors (Lipinski definition) is 1. The van der Waals surface area contributed by atoms with Gasteiger partial charge in [0, 0.05) is 24.0 Å². The molecule has 10 nitrogen and oxygen atoms in total. The maximum absolute atomic E-state index is 13.9. The van der Waals surface area contributed by atoms with Crippen LogP contribution in [-0.4, -0.2) is 43.7 Å². The van der Waals surface area contributed by atoms with Crippen LogP contribution in [0.15, 0.2) is 48.3 Å². The molecule has 1 atom stereocenters. The van der Waals surface area contributed by atoms with E-state index in [-0.39, 0.29) is 59.5 Å². The van der Waals surface area contributed by atoms with Gasteiger partial charge in [0.1, 0.15) is 12.7 Å². The molecular formula is C25H19F5N4O6. The van der Waals surface area contributed by atoms with Crippen LogP contribution in [-0.2, 0) is 28.8 Å². The smallest absolute Gasteiger partial charge is 0.478 e. The first-order valence-corrected chi connectivity index (χ1v) is 12.0. The van der Waals surface area contributed by atoms with E-state index in [1.165, 1.54) is 47.8 Å². The van der Waals surface area contributed by atoms with E-state index in [0.717, 1.165) is 4.68 Å². The number of alkyl halides is 5. The van der Waals surface area contributed by atoms with Gasteiger partial charge in [-0.3, -0.25) is 9.90 Å². The summed E-state index contributed by atoms with van der Waals surface area (Å²) in [5.41, 5.74) is -0.0270. The van der Waals surface area contributed by atoms with Gasteiger partial charge >= 0.3 is 18.4 Å². The molecule has 1 aliphatic carbocycles. The summed E-state index contributed by atoms with van der Waals surface area (Å²) in [6.45, 7) is -0.116. The zero-order chi connectivity index (χ0) is 28.2. The summed E-state index contributed by atoms with van der Waals surface area (Å²) in [4.78, 5) is 21.0. The molecule has 6 rings (SSSR count). The highest BCUT2D eigenvalue weighted by Gasteiger charge is 2.44. The van der Waals surface area contributed by atoms with Crippen LogP contribution in [0.2, 0.25) is 0 Å². The van der Waals surface area contributed by atoms with Crippen LogP contribution in [0.25, 0.3) is 5.69 Å². The van der Waals surface area contributed by atoms with Gasteiger partial charge in [-0.2, -0.15) is 18.3 Å². The first kappa shape index (κ1) is 25.9. The first-order valence-electron chi connectivity index (χ1n) is 12.0. The number of nitrogens with zero attached hydrogens (tertiary/aromatic N) is 4. The summed E-state index contributed by atoms with van der Waals surface area (Å²) in [6, 6.07) is 6.98. The van der Waals surface area contributed by atoms with Crippen molar-refractivity contribution >= 4 is 5.97 Å². The number of pyridine rings is 1. The van der Waals surface area contributed by atoms with Gasteiger partial charge in [0.05, 0.1) is 23.5 Å². The molecule has 0 fully saturated rings. The predicted octanol–water partition coefficient (Wildman–Crippen LogP) is 4.78. The molecule has 2 aliphatic heterocycles. The van der Waals surface area contributed by atoms with E-state index in [1.807, 2.05) is 0 Å². The topological polar surface area (TPSA) is 108 Å². The predicted molar refractivity (Wildman–Crippen MR) is 123 cm³/mol. The summed E-state index contributed by atoms with van der Waals surface area (Å²) < 4.78 is 84.0. The summed E-state index contributed by atoms with van der Waals surface area (Å²) in [5.74, 6) is -1.34. The number of hydrogen-bond acceptors (Lipinski definition) is 8. The third-order valence-electron chi connectivity index (χ3n) is 6.47. The Labute approximate surface area is 222 Å². The van der Waals surface area contributed by atoms with Gasteiger partial charge < -0.3 is 19.3 Å². The van der Waals surface area contributed by atoms with Crippen molar-refractivity contribution in [2.45, 2.75) is 44.4 Å². The molecule has 0 saturated carbocycles. The number of aromatic nitrogens is 3. The number of rotatable bonds is 7. The molecule has 1 aromatic carbocycles. The highest BCUT2D eigenvalue weighted by atomic mass is 19.4. The van der Waals surface area contributed by atoms with Crippen LogP contribution in [0.5, 0.6) is 17.4 Å². The number of hydroxylamine groups is 2. The molecule has 3 aromatic rings. The second kappa shape index (κ2) is 9.36. The molecule has 4 heterocycles. The lowest BCUT2D eigenvalue weighted by molar-refractivity contribution is -0.286. The van der Waals surface area contributed by atoms with Gasteiger partial charge in [-0.15, -0.1) is 8.78 Å². The Hall–Kier alpha value is -4.40. The van der Waals surface area contributed by atoms with Crippen molar-refractivity contribution in [3.8, 4) is 23.1 Å². The third kappa shape index (κ3) is 4.87. The van der Waals surface area contributed by atoms with Crippen molar-refractivity contribution in [1.29, 1.82) is 0 Å². The lowest BCUT2D eigenvalue weighted by atomic mass is 9.93. The minimum atomic E-state index is -4.72. The zero-order valence-corrected chi connectivity index (χ0v) is 20.3. The van der Waals surface area contributed by atoms with Crippen molar-refractivity contribution in [1.82, 2.24) is 19.8 Å². The maximum atomic E-state index is 13.9. The Kier molecular flexibility index (Phi) is 6.05. The van der Waals surface area contributed by atoms with Crippen molar-refractivity contribution in [3.05, 3.63) is 70.8 Å². The Balaban J connectivity index is 1.27. The quantitative estimate of drug-likeness (QED) is 0.405. The van der Waals surface area contributed by atoms with Crippen LogP contribution in [0.4, 0.5) is 22.0 Å². The molecule has 40 heavy (non-hydrogen) atoms. The second-order valence-corrected chi connectivity index (χ2v) is 9.23. The fourth-order valence-electron chi connectivity index (χ4n) is 4.69. The maximum Gasteiger partial charge on any atom is 0.586 e. The molecule has 210 valence electrons. The standard InChI is InChI=1S/C25H19F5N4O6/c26-24(27,28)22-16-2-1-3-18(40-33-10-14(11-33)23(35)36)21(16)34(32-22)15-6-7-31-20(9-15)37-12-13-4-5-17-19(8-13)39-25(29,30)38-17/h4-10,18H,1-3,11-12H2,(H,35,36). The molecule has 15 heteroatoms. The summed E-state index contributed by atoms with van der Waals surface area (Å²) in [7, 11) is 0. The number of carboxylic acids is 1. The number of carbonyl (C=O) groups is 1. The van der Waals surface area contributed by atoms with E-state index in [4.69, 9.17) is 14.7 Å². The minimum absolute atomic E-state index is 0.00292. The first-order chi connectivity index (χ1) is 19.0. The molecule has 1 unspecified atom stereocenters. The largest absolute Gasteiger partial charge is 0.586 e. The molecule has 0 bridgehead atoms. The normalized spacial score (nSPS) is 19.1. The van der Waals surface area contributed by atoms with Gasteiger partial charge in [0.25, 0.3) is 0 Å². The van der Waals surface area contributed by atoms with Gasteiger partial charge in [-0.05, 0) is 43.0 Å². The molecule has 3 aliphatic rings. The fraction of sp³-hybridized carbons (Fsp3) is 0.320. The lowest BCUT2D eigenvalue weighted by Crippen LogP contribution is -2.35. The van der Waals surface area contributed by atoms with Crippen LogP contribution in [0, 0.1) is 0 Å². The molecule has 1 N–H and O–H groups in total. The van der Waals surface area contributed by atoms with E-state index >= 15 is 0 Å². The molecule has 2 aromatic heterocycles. The molecule has 0 amide bonds.